The van der Waals surface area contributed by atoms with Gasteiger partial charge in [-0.1, -0.05) is 6.92 Å². The van der Waals surface area contributed by atoms with Gasteiger partial charge in [0.2, 0.25) is 0 Å². The Bertz CT molecular complexity index is 935. The molecule has 3 heterocycles. The SMILES string of the molecule is BC(B)(C)c1cc2c(N3CCC(C)(OC)CC3)c(C#N)c(=O)[nH]c2cn1. The van der Waals surface area contributed by atoms with E-state index >= 15 is 0 Å². The van der Waals surface area contributed by atoms with E-state index in [1.807, 2.05) is 6.07 Å². The third kappa shape index (κ3) is 3.24. The van der Waals surface area contributed by atoms with Crippen LogP contribution in [0.4, 0.5) is 5.69 Å². The number of methoxy groups -OCH3 is 1. The fraction of sp³-hybridized carbons (Fsp3) is 0.500. The maximum Gasteiger partial charge on any atom is 0.268 e. The first-order valence-corrected chi connectivity index (χ1v) is 8.95. The summed E-state index contributed by atoms with van der Waals surface area (Å²) in [6.45, 7) is 5.69. The minimum atomic E-state index is -0.361. The Labute approximate surface area is 155 Å². The third-order valence-corrected chi connectivity index (χ3v) is 5.38. The van der Waals surface area contributed by atoms with Crippen LogP contribution in [-0.4, -0.2) is 51.5 Å². The van der Waals surface area contributed by atoms with E-state index in [4.69, 9.17) is 4.74 Å². The van der Waals surface area contributed by atoms with Crippen molar-refractivity contribution in [1.82, 2.24) is 9.97 Å². The zero-order chi connectivity index (χ0) is 19.1. The van der Waals surface area contributed by atoms with E-state index < -0.39 is 0 Å². The highest BCUT2D eigenvalue weighted by Crippen LogP contribution is 2.34. The molecular formula is C18H24B2N4O2. The largest absolute Gasteiger partial charge is 0.378 e. The number of hydrogen-bond acceptors (Lipinski definition) is 5. The van der Waals surface area contributed by atoms with Gasteiger partial charge in [-0.15, -0.1) is 0 Å². The molecule has 6 nitrogen and oxygen atoms in total. The van der Waals surface area contributed by atoms with E-state index in [0.717, 1.165) is 42.7 Å². The molecule has 0 saturated carbocycles. The number of hydrogen-bond donors (Lipinski definition) is 1. The monoisotopic (exact) mass is 350 g/mol. The predicted octanol–water partition coefficient (Wildman–Crippen LogP) is 0.239. The molecule has 26 heavy (non-hydrogen) atoms. The molecule has 2 aromatic rings. The van der Waals surface area contributed by atoms with Crippen molar-refractivity contribution < 1.29 is 4.74 Å². The molecule has 0 radical (unpaired) electrons. The molecule has 0 aliphatic carbocycles. The molecular weight excluding hydrogens is 326 g/mol. The van der Waals surface area contributed by atoms with Gasteiger partial charge in [-0.3, -0.25) is 9.78 Å². The molecule has 1 fully saturated rings. The summed E-state index contributed by atoms with van der Waals surface area (Å²) >= 11 is 0. The molecule has 1 aliphatic heterocycles. The van der Waals surface area contributed by atoms with Gasteiger partial charge in [0.15, 0.2) is 0 Å². The summed E-state index contributed by atoms with van der Waals surface area (Å²) in [5.74, 6) is 0. The highest BCUT2D eigenvalue weighted by molar-refractivity contribution is 6.39. The van der Waals surface area contributed by atoms with Crippen molar-refractivity contribution >= 4 is 32.3 Å². The Hall–Kier alpha value is -2.26. The van der Waals surface area contributed by atoms with Crippen molar-refractivity contribution in [3.05, 3.63) is 33.9 Å². The first kappa shape index (κ1) is 18.5. The Balaban J connectivity index is 2.19. The van der Waals surface area contributed by atoms with E-state index in [1.54, 1.807) is 13.3 Å². The molecule has 1 aliphatic rings. The molecule has 3 rings (SSSR count). The molecule has 8 heteroatoms. The molecule has 0 unspecified atom stereocenters. The third-order valence-electron chi connectivity index (χ3n) is 5.38. The number of nitriles is 1. The molecule has 0 amide bonds. The van der Waals surface area contributed by atoms with Gasteiger partial charge in [-0.25, -0.2) is 0 Å². The van der Waals surface area contributed by atoms with Gasteiger partial charge in [0.1, 0.15) is 27.3 Å². The maximum atomic E-state index is 12.4. The minimum absolute atomic E-state index is 0.120. The number of piperidine rings is 1. The summed E-state index contributed by atoms with van der Waals surface area (Å²) in [7, 11) is 5.94. The summed E-state index contributed by atoms with van der Waals surface area (Å²) in [5.41, 5.74) is 1.97. The first-order valence-electron chi connectivity index (χ1n) is 8.95. The van der Waals surface area contributed by atoms with Crippen molar-refractivity contribution in [2.24, 2.45) is 0 Å². The number of ether oxygens (including phenoxy) is 1. The highest BCUT2D eigenvalue weighted by Gasteiger charge is 2.32. The topological polar surface area (TPSA) is 82.0 Å². The Morgan fingerprint density at radius 1 is 1.42 bits per heavy atom. The van der Waals surface area contributed by atoms with Crippen molar-refractivity contribution in [1.29, 1.82) is 5.26 Å². The van der Waals surface area contributed by atoms with Crippen LogP contribution >= 0.6 is 0 Å². The van der Waals surface area contributed by atoms with Crippen LogP contribution in [0.15, 0.2) is 17.1 Å². The molecule has 0 atom stereocenters. The van der Waals surface area contributed by atoms with Gasteiger partial charge in [0.05, 0.1) is 23.0 Å². The highest BCUT2D eigenvalue weighted by atomic mass is 16.5. The Morgan fingerprint density at radius 2 is 2.08 bits per heavy atom. The molecule has 2 aromatic heterocycles. The van der Waals surface area contributed by atoms with Crippen LogP contribution in [0.3, 0.4) is 0 Å². The normalized spacial score (nSPS) is 17.2. The molecule has 0 spiro atoms. The molecule has 1 N–H and O–H groups in total. The van der Waals surface area contributed by atoms with Crippen molar-refractivity contribution in [3.63, 3.8) is 0 Å². The van der Waals surface area contributed by atoms with E-state index in [-0.39, 0.29) is 21.9 Å². The summed E-state index contributed by atoms with van der Waals surface area (Å²) < 4.78 is 5.62. The maximum absolute atomic E-state index is 12.4. The van der Waals surface area contributed by atoms with E-state index in [9.17, 15) is 10.1 Å². The van der Waals surface area contributed by atoms with Gasteiger partial charge in [-0.05, 0) is 31.0 Å². The van der Waals surface area contributed by atoms with Crippen LogP contribution in [0.1, 0.15) is 37.9 Å². The summed E-state index contributed by atoms with van der Waals surface area (Å²) in [6, 6.07) is 4.11. The zero-order valence-corrected chi connectivity index (χ0v) is 16.1. The van der Waals surface area contributed by atoms with Crippen LogP contribution < -0.4 is 10.5 Å². The molecule has 1 saturated heterocycles. The second-order valence-electron chi connectivity index (χ2n) is 8.30. The average molecular weight is 350 g/mol. The van der Waals surface area contributed by atoms with Crippen LogP contribution in [0, 0.1) is 11.3 Å². The molecule has 0 bridgehead atoms. The van der Waals surface area contributed by atoms with E-state index in [1.165, 1.54) is 0 Å². The van der Waals surface area contributed by atoms with E-state index in [0.29, 0.717) is 5.52 Å². The Kier molecular flexibility index (Phi) is 4.61. The zero-order valence-electron chi connectivity index (χ0n) is 16.1. The fourth-order valence-electron chi connectivity index (χ4n) is 3.43. The molecule has 134 valence electrons. The molecule has 0 aromatic carbocycles. The minimum Gasteiger partial charge on any atom is -0.378 e. The summed E-state index contributed by atoms with van der Waals surface area (Å²) in [5, 5.41) is 10.4. The summed E-state index contributed by atoms with van der Waals surface area (Å²) in [6.07, 6.45) is 3.39. The van der Waals surface area contributed by atoms with Gasteiger partial charge >= 0.3 is 0 Å². The number of nitrogens with one attached hydrogen (secondary N) is 1. The van der Waals surface area contributed by atoms with Crippen molar-refractivity contribution in [2.75, 3.05) is 25.1 Å². The number of rotatable bonds is 3. The number of H-pyrrole nitrogens is 1. The number of pyridine rings is 2. The lowest BCUT2D eigenvalue weighted by atomic mass is 9.54. The number of aromatic nitrogens is 2. The predicted molar refractivity (Wildman–Crippen MR) is 108 cm³/mol. The second-order valence-corrected chi connectivity index (χ2v) is 8.30. The number of aromatic amines is 1. The number of anilines is 1. The Morgan fingerprint density at radius 3 is 2.62 bits per heavy atom. The van der Waals surface area contributed by atoms with Gasteiger partial charge < -0.3 is 14.6 Å². The van der Waals surface area contributed by atoms with Crippen LogP contribution in [0.2, 0.25) is 0 Å². The smallest absolute Gasteiger partial charge is 0.268 e. The lowest BCUT2D eigenvalue weighted by Gasteiger charge is -2.40. The van der Waals surface area contributed by atoms with Crippen molar-refractivity contribution in [2.45, 2.75) is 37.5 Å². The quantitative estimate of drug-likeness (QED) is 0.802. The second kappa shape index (κ2) is 6.48. The lowest BCUT2D eigenvalue weighted by molar-refractivity contribution is -0.0132. The fourth-order valence-corrected chi connectivity index (χ4v) is 3.43. The summed E-state index contributed by atoms with van der Waals surface area (Å²) in [4.78, 5) is 21.9. The van der Waals surface area contributed by atoms with Crippen molar-refractivity contribution in [3.8, 4) is 6.07 Å². The van der Waals surface area contributed by atoms with Crippen LogP contribution in [0.25, 0.3) is 10.9 Å². The van der Waals surface area contributed by atoms with Gasteiger partial charge in [-0.2, -0.15) is 5.26 Å². The van der Waals surface area contributed by atoms with Crippen LogP contribution in [0.5, 0.6) is 0 Å². The lowest BCUT2D eigenvalue weighted by Crippen LogP contribution is -2.44. The van der Waals surface area contributed by atoms with Crippen LogP contribution in [-0.2, 0) is 9.95 Å². The van der Waals surface area contributed by atoms with Gasteiger partial charge in [0, 0.05) is 31.3 Å². The average Bonchev–Trinajstić information content (AvgIpc) is 2.60. The standard InChI is InChI=1S/C18H24B2N4O2/c1-17(26-3)4-6-24(7-5-17)15-11-8-14(18(2,19)20)22-10-13(11)23-16(25)12(15)9-21/h8,10H,4-7,19-20H2,1-3H3,(H,23,25). The number of nitrogens with zero attached hydrogens (tertiary/aromatic N) is 3. The van der Waals surface area contributed by atoms with E-state index in [2.05, 4.69) is 50.5 Å². The first-order chi connectivity index (χ1) is 12.2. The number of fused-ring (bicyclic) bond motifs is 1. The van der Waals surface area contributed by atoms with Gasteiger partial charge in [0.25, 0.3) is 5.56 Å².